The highest BCUT2D eigenvalue weighted by atomic mass is 16.1. The van der Waals surface area contributed by atoms with Crippen LogP contribution >= 0.6 is 0 Å². The van der Waals surface area contributed by atoms with Crippen molar-refractivity contribution in [1.82, 2.24) is 0 Å². The van der Waals surface area contributed by atoms with Crippen molar-refractivity contribution in [2.45, 2.75) is 6.92 Å². The highest BCUT2D eigenvalue weighted by molar-refractivity contribution is 5.74. The summed E-state index contributed by atoms with van der Waals surface area (Å²) in [6.45, 7) is 1.88. The van der Waals surface area contributed by atoms with Crippen LogP contribution in [0, 0.1) is 30.1 Å². The van der Waals surface area contributed by atoms with Gasteiger partial charge < -0.3 is 0 Å². The number of carbonyl (C=O) groups excluding carboxylic acids is 1. The van der Waals surface area contributed by atoms with Crippen LogP contribution < -0.4 is 0 Å². The Labute approximate surface area is 76.8 Å². The minimum absolute atomic E-state index is 0.540. The van der Waals surface area contributed by atoms with E-state index in [4.69, 9.17) is 5.26 Å². The van der Waals surface area contributed by atoms with Gasteiger partial charge in [0, 0.05) is 5.56 Å². The van der Waals surface area contributed by atoms with Gasteiger partial charge in [0.05, 0.1) is 11.6 Å². The van der Waals surface area contributed by atoms with Gasteiger partial charge in [0.25, 0.3) is 0 Å². The molecule has 0 atom stereocenters. The van der Waals surface area contributed by atoms with E-state index in [0.717, 1.165) is 11.1 Å². The van der Waals surface area contributed by atoms with Crippen LogP contribution in [0.25, 0.3) is 0 Å². The third-order valence-electron chi connectivity index (χ3n) is 1.63. The van der Waals surface area contributed by atoms with Gasteiger partial charge in [-0.25, -0.2) is 0 Å². The van der Waals surface area contributed by atoms with E-state index in [1.807, 2.05) is 19.1 Å². The average Bonchev–Trinajstić information content (AvgIpc) is 2.17. The molecular formula is C11H7NO. The number of carbonyl (C=O) groups is 1. The lowest BCUT2D eigenvalue weighted by molar-refractivity contribution is -0.103. The Bertz CT molecular complexity index is 430. The van der Waals surface area contributed by atoms with Crippen molar-refractivity contribution in [3.63, 3.8) is 0 Å². The first kappa shape index (κ1) is 9.03. The Morgan fingerprint density at radius 1 is 1.46 bits per heavy atom. The van der Waals surface area contributed by atoms with Gasteiger partial charge in [-0.05, 0) is 30.5 Å². The molecule has 2 heteroatoms. The van der Waals surface area contributed by atoms with Crippen molar-refractivity contribution in [1.29, 1.82) is 5.26 Å². The number of hydrogen-bond donors (Lipinski definition) is 0. The van der Waals surface area contributed by atoms with E-state index in [-0.39, 0.29) is 0 Å². The van der Waals surface area contributed by atoms with Crippen molar-refractivity contribution >= 4 is 6.29 Å². The van der Waals surface area contributed by atoms with Gasteiger partial charge in [0.1, 0.15) is 0 Å². The molecule has 0 fully saturated rings. The molecular weight excluding hydrogens is 162 g/mol. The molecule has 0 spiro atoms. The maximum atomic E-state index is 10.0. The topological polar surface area (TPSA) is 40.9 Å². The van der Waals surface area contributed by atoms with Gasteiger partial charge in [-0.1, -0.05) is 12.0 Å². The van der Waals surface area contributed by atoms with Gasteiger partial charge >= 0.3 is 0 Å². The summed E-state index contributed by atoms with van der Waals surface area (Å²) in [5, 5.41) is 8.61. The molecule has 0 aliphatic heterocycles. The summed E-state index contributed by atoms with van der Waals surface area (Å²) in [5.41, 5.74) is 2.25. The molecule has 0 aliphatic rings. The second-order valence-corrected chi connectivity index (χ2v) is 2.53. The van der Waals surface area contributed by atoms with E-state index < -0.39 is 0 Å². The zero-order valence-corrected chi connectivity index (χ0v) is 7.16. The largest absolute Gasteiger partial charge is 0.289 e. The first-order valence-electron chi connectivity index (χ1n) is 3.74. The summed E-state index contributed by atoms with van der Waals surface area (Å²) in [7, 11) is 0. The van der Waals surface area contributed by atoms with E-state index in [1.54, 1.807) is 12.1 Å². The van der Waals surface area contributed by atoms with Crippen LogP contribution in [0.3, 0.4) is 0 Å². The summed E-state index contributed by atoms with van der Waals surface area (Å²) < 4.78 is 0. The Morgan fingerprint density at radius 3 is 2.85 bits per heavy atom. The van der Waals surface area contributed by atoms with E-state index >= 15 is 0 Å². The van der Waals surface area contributed by atoms with Gasteiger partial charge in [-0.2, -0.15) is 5.26 Å². The molecule has 1 aromatic carbocycles. The fourth-order valence-electron chi connectivity index (χ4n) is 0.933. The minimum Gasteiger partial charge on any atom is -0.289 e. The first-order chi connectivity index (χ1) is 6.27. The lowest BCUT2D eigenvalue weighted by atomic mass is 10.1. The third kappa shape index (κ3) is 2.18. The van der Waals surface area contributed by atoms with Crippen LogP contribution in [-0.2, 0) is 4.79 Å². The molecule has 1 rings (SSSR count). The second-order valence-electron chi connectivity index (χ2n) is 2.53. The highest BCUT2D eigenvalue weighted by Gasteiger charge is 1.95. The summed E-state index contributed by atoms with van der Waals surface area (Å²) >= 11 is 0. The second kappa shape index (κ2) is 4.09. The van der Waals surface area contributed by atoms with Crippen LogP contribution in [0.2, 0.25) is 0 Å². The van der Waals surface area contributed by atoms with Crippen molar-refractivity contribution in [2.24, 2.45) is 0 Å². The van der Waals surface area contributed by atoms with E-state index in [0.29, 0.717) is 11.8 Å². The maximum Gasteiger partial charge on any atom is 0.193 e. The molecule has 0 aliphatic carbocycles. The van der Waals surface area contributed by atoms with Crippen LogP contribution in [0.5, 0.6) is 0 Å². The highest BCUT2D eigenvalue weighted by Crippen LogP contribution is 2.08. The zero-order valence-electron chi connectivity index (χ0n) is 7.16. The zero-order chi connectivity index (χ0) is 9.68. The molecule has 0 bridgehead atoms. The molecule has 0 aromatic heterocycles. The van der Waals surface area contributed by atoms with Crippen molar-refractivity contribution in [3.05, 3.63) is 34.9 Å². The van der Waals surface area contributed by atoms with E-state index in [9.17, 15) is 4.79 Å². The predicted octanol–water partition coefficient (Wildman–Crippen LogP) is 1.42. The third-order valence-corrected chi connectivity index (χ3v) is 1.63. The molecule has 1 aromatic rings. The molecule has 0 saturated carbocycles. The number of nitrogens with zero attached hydrogens (tertiary/aromatic N) is 1. The molecule has 0 N–H and O–H groups in total. The van der Waals surface area contributed by atoms with Crippen molar-refractivity contribution in [3.8, 4) is 17.9 Å². The fourth-order valence-corrected chi connectivity index (χ4v) is 0.933. The normalized spacial score (nSPS) is 8.00. The van der Waals surface area contributed by atoms with Crippen LogP contribution in [0.4, 0.5) is 0 Å². The Balaban J connectivity index is 3.20. The molecule has 0 unspecified atom stereocenters. The molecule has 13 heavy (non-hydrogen) atoms. The summed E-state index contributed by atoms with van der Waals surface area (Å²) in [6.07, 6.45) is 0.540. The van der Waals surface area contributed by atoms with Crippen LogP contribution in [0.1, 0.15) is 16.7 Å². The Kier molecular flexibility index (Phi) is 2.84. The average molecular weight is 169 g/mol. The number of nitriles is 1. The number of hydrogen-bond acceptors (Lipinski definition) is 2. The lowest BCUT2D eigenvalue weighted by Crippen LogP contribution is -1.84. The predicted molar refractivity (Wildman–Crippen MR) is 48.8 cm³/mol. The summed E-state index contributed by atoms with van der Waals surface area (Å²) in [6, 6.07) is 7.22. The smallest absolute Gasteiger partial charge is 0.193 e. The van der Waals surface area contributed by atoms with Crippen molar-refractivity contribution in [2.75, 3.05) is 0 Å². The molecule has 62 valence electrons. The van der Waals surface area contributed by atoms with Gasteiger partial charge in [-0.15, -0.1) is 0 Å². The molecule has 0 saturated heterocycles. The monoisotopic (exact) mass is 169 g/mol. The quantitative estimate of drug-likeness (QED) is 0.435. The van der Waals surface area contributed by atoms with Crippen molar-refractivity contribution < 1.29 is 4.79 Å². The number of aryl methyl sites for hydroxylation is 1. The first-order valence-corrected chi connectivity index (χ1v) is 3.74. The number of benzene rings is 1. The number of rotatable bonds is 0. The molecule has 0 amide bonds. The molecule has 0 radical (unpaired) electrons. The summed E-state index contributed by atoms with van der Waals surface area (Å²) in [5.74, 6) is 4.98. The standard InChI is InChI=1S/C11H7NO/c1-9-4-5-10(8-12)7-11(9)3-2-6-13/h4-7H,1H3. The van der Waals surface area contributed by atoms with Gasteiger partial charge in [0.2, 0.25) is 0 Å². The molecule has 0 heterocycles. The number of aldehydes is 1. The van der Waals surface area contributed by atoms with E-state index in [1.165, 1.54) is 0 Å². The lowest BCUT2D eigenvalue weighted by Gasteiger charge is -1.96. The van der Waals surface area contributed by atoms with E-state index in [2.05, 4.69) is 11.8 Å². The maximum absolute atomic E-state index is 10.0. The minimum atomic E-state index is 0.540. The van der Waals surface area contributed by atoms with Crippen LogP contribution in [0.15, 0.2) is 18.2 Å². The Hall–Kier alpha value is -2.06. The van der Waals surface area contributed by atoms with Gasteiger partial charge in [0.15, 0.2) is 6.29 Å². The fraction of sp³-hybridized carbons (Fsp3) is 0.0909. The SMILES string of the molecule is Cc1ccc(C#N)cc1C#CC=O. The molecule has 2 nitrogen and oxygen atoms in total. The van der Waals surface area contributed by atoms with Gasteiger partial charge in [-0.3, -0.25) is 4.79 Å². The Morgan fingerprint density at radius 2 is 2.23 bits per heavy atom. The summed E-state index contributed by atoms with van der Waals surface area (Å²) in [4.78, 5) is 10.0. The van der Waals surface area contributed by atoms with Crippen LogP contribution in [-0.4, -0.2) is 6.29 Å².